The number of carbonyl (C=O) groups excluding carboxylic acids is 1. The van der Waals surface area contributed by atoms with Crippen LogP contribution in [0.1, 0.15) is 18.1 Å². The van der Waals surface area contributed by atoms with Crippen LogP contribution in [0.2, 0.25) is 0 Å². The van der Waals surface area contributed by atoms with Gasteiger partial charge in [0.1, 0.15) is 5.75 Å². The fourth-order valence-electron chi connectivity index (χ4n) is 2.56. The lowest BCUT2D eigenvalue weighted by molar-refractivity contribution is -0.110. The van der Waals surface area contributed by atoms with E-state index in [0.717, 1.165) is 21.3 Å². The number of carbonyl (C=O) groups is 1. The molecule has 0 unspecified atom stereocenters. The number of phenols is 1. The van der Waals surface area contributed by atoms with E-state index in [1.165, 1.54) is 0 Å². The largest absolute Gasteiger partial charge is 0.508 e. The molecular weight excluding hydrogens is 344 g/mol. The van der Waals surface area contributed by atoms with E-state index in [2.05, 4.69) is 26.6 Å². The van der Waals surface area contributed by atoms with E-state index >= 15 is 0 Å². The molecule has 2 aromatic carbocycles. The van der Waals surface area contributed by atoms with Crippen LogP contribution in [0.5, 0.6) is 5.75 Å². The Morgan fingerprint density at radius 1 is 1.27 bits per heavy atom. The summed E-state index contributed by atoms with van der Waals surface area (Å²) in [6.07, 6.45) is 0. The highest BCUT2D eigenvalue weighted by atomic mass is 79.9. The zero-order valence-electron chi connectivity index (χ0n) is 12.0. The Balaban J connectivity index is 2.24. The van der Waals surface area contributed by atoms with E-state index in [1.807, 2.05) is 31.2 Å². The highest BCUT2D eigenvalue weighted by molar-refractivity contribution is 9.10. The fourth-order valence-corrected chi connectivity index (χ4v) is 2.92. The molecule has 0 aromatic heterocycles. The van der Waals surface area contributed by atoms with Crippen LogP contribution >= 0.6 is 15.9 Å². The average molecular weight is 359 g/mol. The summed E-state index contributed by atoms with van der Waals surface area (Å²) in [5.41, 5.74) is 3.72. The van der Waals surface area contributed by atoms with Crippen LogP contribution in [-0.4, -0.2) is 17.6 Å². The first-order valence-corrected chi connectivity index (χ1v) is 7.78. The SMILES string of the molecule is CCN/C(=C1\C(=O)Nc2ccc(Br)cc21)c1cccc(O)c1. The van der Waals surface area contributed by atoms with Crippen molar-refractivity contribution in [2.75, 3.05) is 11.9 Å². The van der Waals surface area contributed by atoms with Crippen LogP contribution in [0.3, 0.4) is 0 Å². The van der Waals surface area contributed by atoms with E-state index in [1.54, 1.807) is 18.2 Å². The summed E-state index contributed by atoms with van der Waals surface area (Å²) < 4.78 is 0.909. The molecule has 0 spiro atoms. The van der Waals surface area contributed by atoms with Gasteiger partial charge in [0.15, 0.2) is 0 Å². The van der Waals surface area contributed by atoms with Crippen molar-refractivity contribution in [3.63, 3.8) is 0 Å². The Morgan fingerprint density at radius 3 is 2.82 bits per heavy atom. The smallest absolute Gasteiger partial charge is 0.258 e. The van der Waals surface area contributed by atoms with Crippen molar-refractivity contribution in [2.45, 2.75) is 6.92 Å². The first-order valence-electron chi connectivity index (χ1n) is 6.99. The summed E-state index contributed by atoms with van der Waals surface area (Å²) >= 11 is 3.45. The van der Waals surface area contributed by atoms with Crippen molar-refractivity contribution in [3.8, 4) is 5.75 Å². The summed E-state index contributed by atoms with van der Waals surface area (Å²) in [6.45, 7) is 2.64. The molecule has 0 bridgehead atoms. The number of rotatable bonds is 3. The van der Waals surface area contributed by atoms with Gasteiger partial charge in [-0.3, -0.25) is 4.79 Å². The first-order chi connectivity index (χ1) is 10.6. The van der Waals surface area contributed by atoms with E-state index in [9.17, 15) is 9.90 Å². The highest BCUT2D eigenvalue weighted by Crippen LogP contribution is 2.37. The Morgan fingerprint density at radius 2 is 2.09 bits per heavy atom. The van der Waals surface area contributed by atoms with Gasteiger partial charge in [-0.15, -0.1) is 0 Å². The van der Waals surface area contributed by atoms with Crippen LogP contribution in [0.15, 0.2) is 46.9 Å². The van der Waals surface area contributed by atoms with Gasteiger partial charge in [0.2, 0.25) is 0 Å². The molecule has 0 radical (unpaired) electrons. The molecule has 0 atom stereocenters. The molecule has 1 heterocycles. The number of benzene rings is 2. The van der Waals surface area contributed by atoms with Gasteiger partial charge in [0.05, 0.1) is 11.3 Å². The molecule has 2 aromatic rings. The lowest BCUT2D eigenvalue weighted by Crippen LogP contribution is -2.16. The van der Waals surface area contributed by atoms with Gasteiger partial charge in [-0.1, -0.05) is 28.1 Å². The van der Waals surface area contributed by atoms with Crippen molar-refractivity contribution >= 4 is 38.8 Å². The van der Waals surface area contributed by atoms with Gasteiger partial charge in [-0.05, 0) is 37.3 Å². The van der Waals surface area contributed by atoms with E-state index in [0.29, 0.717) is 17.8 Å². The normalized spacial score (nSPS) is 15.3. The molecule has 0 aliphatic carbocycles. The molecule has 5 heteroatoms. The summed E-state index contributed by atoms with van der Waals surface area (Å²) in [4.78, 5) is 12.4. The second-order valence-corrected chi connectivity index (χ2v) is 5.89. The summed E-state index contributed by atoms with van der Waals surface area (Å²) in [7, 11) is 0. The minimum absolute atomic E-state index is 0.146. The minimum atomic E-state index is -0.146. The molecule has 1 aliphatic heterocycles. The number of aromatic hydroxyl groups is 1. The Hall–Kier alpha value is -2.27. The summed E-state index contributed by atoms with van der Waals surface area (Å²) in [6, 6.07) is 12.6. The van der Waals surface area contributed by atoms with Gasteiger partial charge >= 0.3 is 0 Å². The second kappa shape index (κ2) is 5.85. The maximum Gasteiger partial charge on any atom is 0.258 e. The predicted molar refractivity (Wildman–Crippen MR) is 91.4 cm³/mol. The van der Waals surface area contributed by atoms with Crippen LogP contribution in [0, 0.1) is 0 Å². The highest BCUT2D eigenvalue weighted by Gasteiger charge is 2.28. The maximum absolute atomic E-state index is 12.4. The van der Waals surface area contributed by atoms with Crippen LogP contribution in [0.4, 0.5) is 5.69 Å². The van der Waals surface area contributed by atoms with Gasteiger partial charge in [0.25, 0.3) is 5.91 Å². The minimum Gasteiger partial charge on any atom is -0.508 e. The number of halogens is 1. The Labute approximate surface area is 137 Å². The maximum atomic E-state index is 12.4. The number of amides is 1. The van der Waals surface area contributed by atoms with E-state index in [4.69, 9.17) is 0 Å². The zero-order valence-corrected chi connectivity index (χ0v) is 13.6. The molecule has 22 heavy (non-hydrogen) atoms. The number of fused-ring (bicyclic) bond motifs is 1. The molecule has 3 rings (SSSR count). The lowest BCUT2D eigenvalue weighted by atomic mass is 10.00. The van der Waals surface area contributed by atoms with Gasteiger partial charge in [0, 0.05) is 27.8 Å². The van der Waals surface area contributed by atoms with Gasteiger partial charge in [-0.2, -0.15) is 0 Å². The van der Waals surface area contributed by atoms with Gasteiger partial charge < -0.3 is 15.7 Å². The van der Waals surface area contributed by atoms with Crippen molar-refractivity contribution in [1.82, 2.24) is 5.32 Å². The number of hydrogen-bond donors (Lipinski definition) is 3. The Bertz CT molecular complexity index is 784. The van der Waals surface area contributed by atoms with Gasteiger partial charge in [-0.25, -0.2) is 0 Å². The van der Waals surface area contributed by atoms with E-state index in [-0.39, 0.29) is 11.7 Å². The van der Waals surface area contributed by atoms with E-state index < -0.39 is 0 Å². The third-order valence-corrected chi connectivity index (χ3v) is 3.96. The average Bonchev–Trinajstić information content (AvgIpc) is 2.80. The lowest BCUT2D eigenvalue weighted by Gasteiger charge is -2.13. The first kappa shape index (κ1) is 14.7. The topological polar surface area (TPSA) is 61.4 Å². The molecule has 4 nitrogen and oxygen atoms in total. The molecular formula is C17H15BrN2O2. The van der Waals surface area contributed by atoms with Crippen LogP contribution < -0.4 is 10.6 Å². The third-order valence-electron chi connectivity index (χ3n) is 3.46. The van der Waals surface area contributed by atoms with Crippen LogP contribution in [0.25, 0.3) is 11.3 Å². The Kier molecular flexibility index (Phi) is 3.90. The number of nitrogens with one attached hydrogen (secondary N) is 2. The molecule has 1 amide bonds. The fraction of sp³-hybridized carbons (Fsp3) is 0.118. The monoisotopic (exact) mass is 358 g/mol. The number of phenolic OH excluding ortho intramolecular Hbond substituents is 1. The molecule has 0 saturated carbocycles. The van der Waals surface area contributed by atoms with Crippen molar-refractivity contribution in [2.24, 2.45) is 0 Å². The van der Waals surface area contributed by atoms with Crippen molar-refractivity contribution in [1.29, 1.82) is 0 Å². The molecule has 3 N–H and O–H groups in total. The summed E-state index contributed by atoms with van der Waals surface area (Å²) in [5, 5.41) is 15.8. The molecule has 112 valence electrons. The zero-order chi connectivity index (χ0) is 15.7. The van der Waals surface area contributed by atoms with Crippen molar-refractivity contribution in [3.05, 3.63) is 58.1 Å². The quantitative estimate of drug-likeness (QED) is 0.734. The summed E-state index contributed by atoms with van der Waals surface area (Å²) in [5.74, 6) is 0.0220. The number of hydrogen-bond acceptors (Lipinski definition) is 3. The number of anilines is 1. The predicted octanol–water partition coefficient (Wildman–Crippen LogP) is 3.58. The molecule has 0 fully saturated rings. The molecule has 1 aliphatic rings. The van der Waals surface area contributed by atoms with Crippen LogP contribution in [-0.2, 0) is 4.79 Å². The standard InChI is InChI=1S/C17H15BrN2O2/c1-2-19-16(10-4-3-5-12(21)8-10)15-13-9-11(18)6-7-14(13)20-17(15)22/h3-9,19,21H,2H2,1H3,(H,20,22)/b16-15-. The molecule has 0 saturated heterocycles. The second-order valence-electron chi connectivity index (χ2n) is 4.97. The van der Waals surface area contributed by atoms with Crippen molar-refractivity contribution < 1.29 is 9.90 Å². The third kappa shape index (κ3) is 2.60.